The Morgan fingerprint density at radius 3 is 2.70 bits per heavy atom. The summed E-state index contributed by atoms with van der Waals surface area (Å²) in [4.78, 5) is 28.2. The van der Waals surface area contributed by atoms with Crippen molar-refractivity contribution < 1.29 is 36.5 Å². The van der Waals surface area contributed by atoms with E-state index in [4.69, 9.17) is 9.47 Å². The highest BCUT2D eigenvalue weighted by atomic mass is 32.3. The molecule has 2 aromatic heterocycles. The lowest BCUT2D eigenvalue weighted by atomic mass is 9.87. The molecule has 1 aromatic carbocycles. The molecular weight excluding hydrogens is 593 g/mol. The lowest BCUT2D eigenvalue weighted by molar-refractivity contribution is -0.176. The number of carbonyl (C=O) groups excluding carboxylic acids is 1. The van der Waals surface area contributed by atoms with Gasteiger partial charge in [-0.2, -0.15) is 27.8 Å². The number of esters is 1. The predicted molar refractivity (Wildman–Crippen MR) is 151 cm³/mol. The van der Waals surface area contributed by atoms with Crippen LogP contribution in [-0.2, 0) is 26.4 Å². The number of halogens is 3. The molecule has 0 bridgehead atoms. The average molecular weight is 625 g/mol. The highest BCUT2D eigenvalue weighted by molar-refractivity contribution is 8.22. The fourth-order valence-corrected chi connectivity index (χ4v) is 7.02. The molecule has 5 rings (SSSR count). The summed E-state index contributed by atoms with van der Waals surface area (Å²) in [5.41, 5.74) is -1.18. The number of pyridine rings is 1. The first-order valence-electron chi connectivity index (χ1n) is 13.4. The number of ether oxygens (including phenoxy) is 2. The quantitative estimate of drug-likeness (QED) is 0.274. The maximum atomic E-state index is 13.0. The largest absolute Gasteiger partial charge is 0.458 e. The van der Waals surface area contributed by atoms with Gasteiger partial charge in [-0.15, -0.1) is 10.8 Å². The Morgan fingerprint density at radius 1 is 1.33 bits per heavy atom. The molecule has 0 spiro atoms. The third kappa shape index (κ3) is 6.08. The fraction of sp³-hybridized carbons (Fsp3) is 0.481. The van der Waals surface area contributed by atoms with E-state index in [0.29, 0.717) is 21.9 Å². The van der Waals surface area contributed by atoms with E-state index < -0.39 is 52.3 Å². The Bertz CT molecular complexity index is 1650. The van der Waals surface area contributed by atoms with Gasteiger partial charge in [-0.05, 0) is 63.4 Å². The number of H-pyrrole nitrogens is 1. The summed E-state index contributed by atoms with van der Waals surface area (Å²) < 4.78 is 73.5. The third-order valence-corrected chi connectivity index (χ3v) is 9.20. The van der Waals surface area contributed by atoms with Crippen LogP contribution in [0.3, 0.4) is 0 Å². The first kappa shape index (κ1) is 30.8. The standard InChI is InChI=1S/C27H31F3N6O6S/c1-25(2,3)42-24(38)19-6-8-26(9-10-31,15-41-19)36-18-7-11-32-23(37)21(18)22(34-36)33-17-4-5-20-16(12-17)13-35(43(20,39)40)14-27(28,29)30/h4-5,7,11-12,19,39-40H,6,8-9,13-15H2,1-3H3,(H,32,37)(H,33,34)/t19-,26-/m0/s1. The minimum absolute atomic E-state index is 0.0117. The Morgan fingerprint density at radius 2 is 2.07 bits per heavy atom. The van der Waals surface area contributed by atoms with E-state index in [1.807, 2.05) is 0 Å². The molecular formula is C27H31F3N6O6S. The molecule has 4 heterocycles. The second kappa shape index (κ2) is 10.8. The molecule has 1 saturated heterocycles. The first-order chi connectivity index (χ1) is 20.0. The molecule has 43 heavy (non-hydrogen) atoms. The number of hydrogen-bond acceptors (Lipinski definition) is 10. The van der Waals surface area contributed by atoms with Crippen molar-refractivity contribution in [2.45, 2.75) is 74.9 Å². The molecule has 2 atom stereocenters. The van der Waals surface area contributed by atoms with Crippen LogP contribution in [0.5, 0.6) is 0 Å². The van der Waals surface area contributed by atoms with Crippen molar-refractivity contribution in [2.75, 3.05) is 18.5 Å². The zero-order valence-electron chi connectivity index (χ0n) is 23.6. The Kier molecular flexibility index (Phi) is 7.76. The number of alkyl halides is 3. The van der Waals surface area contributed by atoms with Crippen LogP contribution < -0.4 is 10.9 Å². The van der Waals surface area contributed by atoms with E-state index >= 15 is 0 Å². The van der Waals surface area contributed by atoms with Crippen LogP contribution in [0.4, 0.5) is 24.7 Å². The van der Waals surface area contributed by atoms with E-state index in [-0.39, 0.29) is 47.7 Å². The normalized spacial score (nSPS) is 23.0. The van der Waals surface area contributed by atoms with E-state index in [2.05, 4.69) is 21.5 Å². The summed E-state index contributed by atoms with van der Waals surface area (Å²) >= 11 is 0. The Balaban J connectivity index is 1.47. The molecule has 2 aliphatic rings. The number of nitrogens with one attached hydrogen (secondary N) is 2. The van der Waals surface area contributed by atoms with E-state index in [1.165, 1.54) is 24.4 Å². The van der Waals surface area contributed by atoms with Gasteiger partial charge in [0.1, 0.15) is 17.5 Å². The van der Waals surface area contributed by atoms with Gasteiger partial charge in [0.25, 0.3) is 5.56 Å². The summed E-state index contributed by atoms with van der Waals surface area (Å²) in [6.07, 6.45) is -3.49. The molecule has 0 aliphatic carbocycles. The van der Waals surface area contributed by atoms with Crippen LogP contribution in [0, 0.1) is 11.3 Å². The number of anilines is 2. The number of aromatic amines is 1. The van der Waals surface area contributed by atoms with Gasteiger partial charge < -0.3 is 19.8 Å². The zero-order chi connectivity index (χ0) is 31.4. The fourth-order valence-electron chi connectivity index (χ4n) is 5.37. The topological polar surface area (TPSA) is 166 Å². The predicted octanol–water partition coefficient (Wildman–Crippen LogP) is 5.00. The number of nitriles is 1. The van der Waals surface area contributed by atoms with Crippen molar-refractivity contribution in [1.29, 1.82) is 5.26 Å². The third-order valence-electron chi connectivity index (χ3n) is 7.24. The lowest BCUT2D eigenvalue weighted by Gasteiger charge is -2.39. The van der Waals surface area contributed by atoms with Gasteiger partial charge in [0.15, 0.2) is 11.9 Å². The van der Waals surface area contributed by atoms with Crippen LogP contribution >= 0.6 is 10.8 Å². The molecule has 0 radical (unpaired) electrons. The van der Waals surface area contributed by atoms with Gasteiger partial charge in [-0.3, -0.25) is 18.6 Å². The van der Waals surface area contributed by atoms with Gasteiger partial charge in [0.2, 0.25) is 0 Å². The number of aromatic nitrogens is 3. The smallest absolute Gasteiger partial charge is 0.403 e. The van der Waals surface area contributed by atoms with Crippen LogP contribution in [0.1, 0.15) is 45.6 Å². The maximum absolute atomic E-state index is 13.0. The lowest BCUT2D eigenvalue weighted by Crippen LogP contribution is -2.47. The highest BCUT2D eigenvalue weighted by Gasteiger charge is 2.44. The number of carbonyl (C=O) groups is 1. The van der Waals surface area contributed by atoms with Crippen molar-refractivity contribution in [3.05, 3.63) is 46.4 Å². The van der Waals surface area contributed by atoms with Crippen LogP contribution in [0.2, 0.25) is 0 Å². The molecule has 1 fully saturated rings. The van der Waals surface area contributed by atoms with Crippen molar-refractivity contribution in [3.63, 3.8) is 0 Å². The van der Waals surface area contributed by atoms with E-state index in [0.717, 1.165) is 0 Å². The molecule has 0 amide bonds. The minimum Gasteiger partial charge on any atom is -0.458 e. The maximum Gasteiger partial charge on any atom is 0.403 e. The summed E-state index contributed by atoms with van der Waals surface area (Å²) in [5, 5.41) is 17.6. The zero-order valence-corrected chi connectivity index (χ0v) is 24.4. The average Bonchev–Trinajstić information content (AvgIpc) is 3.38. The summed E-state index contributed by atoms with van der Waals surface area (Å²) in [6, 6.07) is 8.04. The molecule has 232 valence electrons. The number of rotatable bonds is 6. The van der Waals surface area contributed by atoms with Gasteiger partial charge in [-0.25, -0.2) is 4.79 Å². The van der Waals surface area contributed by atoms with Crippen molar-refractivity contribution >= 4 is 39.2 Å². The molecule has 2 aliphatic heterocycles. The van der Waals surface area contributed by atoms with E-state index in [1.54, 1.807) is 31.5 Å². The van der Waals surface area contributed by atoms with Crippen LogP contribution in [-0.4, -0.2) is 65.2 Å². The van der Waals surface area contributed by atoms with Crippen molar-refractivity contribution in [1.82, 2.24) is 19.1 Å². The SMILES string of the molecule is CC(C)(C)OC(=O)[C@@H]1CC[C@@](CC#N)(n2nc(Nc3ccc4c(c3)CN(CC(F)(F)F)S4(O)O)c3c(=O)[nH]ccc32)CO1. The first-order valence-corrected chi connectivity index (χ1v) is 14.9. The van der Waals surface area contributed by atoms with Crippen LogP contribution in [0.25, 0.3) is 10.9 Å². The van der Waals surface area contributed by atoms with Gasteiger partial charge in [0.05, 0.1) is 35.0 Å². The molecule has 0 unspecified atom stereocenters. The molecule has 12 nitrogen and oxygen atoms in total. The highest BCUT2D eigenvalue weighted by Crippen LogP contribution is 2.59. The Labute approximate surface area is 245 Å². The summed E-state index contributed by atoms with van der Waals surface area (Å²) in [7, 11) is -3.82. The number of hydrogen-bond donors (Lipinski definition) is 4. The number of fused-ring (bicyclic) bond motifs is 2. The minimum atomic E-state index is -4.63. The van der Waals surface area contributed by atoms with Crippen molar-refractivity contribution in [2.24, 2.45) is 0 Å². The van der Waals surface area contributed by atoms with Crippen LogP contribution in [0.15, 0.2) is 40.2 Å². The molecule has 3 aromatic rings. The number of nitrogens with zero attached hydrogens (tertiary/aromatic N) is 4. The number of benzene rings is 1. The van der Waals surface area contributed by atoms with Gasteiger partial charge >= 0.3 is 12.1 Å². The second-order valence-corrected chi connectivity index (χ2v) is 13.6. The second-order valence-electron chi connectivity index (χ2n) is 11.6. The summed E-state index contributed by atoms with van der Waals surface area (Å²) in [6.45, 7) is 3.36. The van der Waals surface area contributed by atoms with Gasteiger partial charge in [-0.1, -0.05) is 0 Å². The Hall–Kier alpha value is -3.62. The van der Waals surface area contributed by atoms with Crippen molar-refractivity contribution in [3.8, 4) is 6.07 Å². The molecule has 4 N–H and O–H groups in total. The monoisotopic (exact) mass is 624 g/mol. The summed E-state index contributed by atoms with van der Waals surface area (Å²) in [5.74, 6) is -0.399. The molecule has 16 heteroatoms. The molecule has 0 saturated carbocycles. The van der Waals surface area contributed by atoms with E-state index in [9.17, 15) is 37.1 Å². The van der Waals surface area contributed by atoms with Gasteiger partial charge in [0, 0.05) is 18.4 Å².